The van der Waals surface area contributed by atoms with Crippen molar-refractivity contribution in [3.05, 3.63) is 0 Å². The van der Waals surface area contributed by atoms with Gasteiger partial charge in [-0.05, 0) is 72.1 Å². The normalized spacial score (nSPS) is 12.5. The first kappa shape index (κ1) is 39.6. The quantitative estimate of drug-likeness (QED) is 0.324. The summed E-state index contributed by atoms with van der Waals surface area (Å²) >= 11 is 0. The van der Waals surface area contributed by atoms with Gasteiger partial charge in [0, 0.05) is 11.0 Å². The maximum atomic E-state index is 12.9. The summed E-state index contributed by atoms with van der Waals surface area (Å²) in [7, 11) is 0. The molecule has 0 spiro atoms. The molecule has 0 unspecified atom stereocenters. The van der Waals surface area contributed by atoms with Crippen molar-refractivity contribution in [3.8, 4) is 0 Å². The summed E-state index contributed by atoms with van der Waals surface area (Å²) in [5.74, 6) is 0.625. The summed E-state index contributed by atoms with van der Waals surface area (Å²) < 4.78 is 6.58. The molecule has 0 aromatic rings. The standard InChI is InChI=1S/C24H49NO2.3C2H6/c1-14-20(4,5)16-23(10,11)27-24(12,13)17-22(8,9)25-19(26)21(6,7)15-18(2)3;3*1-2/h18H,14-17H2,1-13H3,(H,25,26);3*1-2H3. The number of ether oxygens (including phenoxy) is 1. The molecular formula is C30H67NO2. The molecule has 0 aliphatic rings. The zero-order valence-corrected chi connectivity index (χ0v) is 26.7. The van der Waals surface area contributed by atoms with E-state index in [0.29, 0.717) is 5.92 Å². The average molecular weight is 474 g/mol. The molecule has 0 aliphatic carbocycles. The minimum Gasteiger partial charge on any atom is -0.370 e. The van der Waals surface area contributed by atoms with E-state index in [1.54, 1.807) is 0 Å². The molecule has 0 atom stereocenters. The Morgan fingerprint density at radius 3 is 1.42 bits per heavy atom. The fraction of sp³-hybridized carbons (Fsp3) is 0.967. The number of rotatable bonds is 11. The van der Waals surface area contributed by atoms with Crippen molar-refractivity contribution in [2.45, 2.75) is 174 Å². The van der Waals surface area contributed by atoms with Crippen LogP contribution in [0.1, 0.15) is 157 Å². The van der Waals surface area contributed by atoms with Gasteiger partial charge in [-0.3, -0.25) is 4.79 Å². The van der Waals surface area contributed by atoms with Gasteiger partial charge in [0.05, 0.1) is 11.2 Å². The molecular weight excluding hydrogens is 406 g/mol. The third-order valence-electron chi connectivity index (χ3n) is 5.27. The van der Waals surface area contributed by atoms with Gasteiger partial charge < -0.3 is 10.1 Å². The SMILES string of the molecule is CC.CC.CC.CCC(C)(C)CC(C)(C)OC(C)(C)CC(C)(C)NC(=O)C(C)(C)CC(C)C. The molecule has 0 heterocycles. The van der Waals surface area contributed by atoms with Gasteiger partial charge in [0.15, 0.2) is 0 Å². The molecule has 3 nitrogen and oxygen atoms in total. The van der Waals surface area contributed by atoms with Gasteiger partial charge in [0.1, 0.15) is 0 Å². The van der Waals surface area contributed by atoms with Crippen LogP contribution in [0.15, 0.2) is 0 Å². The van der Waals surface area contributed by atoms with Gasteiger partial charge in [-0.1, -0.05) is 96.4 Å². The molecule has 0 saturated heterocycles. The van der Waals surface area contributed by atoms with E-state index < -0.39 is 0 Å². The predicted octanol–water partition coefficient (Wildman–Crippen LogP) is 9.82. The van der Waals surface area contributed by atoms with E-state index in [9.17, 15) is 4.79 Å². The summed E-state index contributed by atoms with van der Waals surface area (Å²) in [5, 5.41) is 3.28. The Balaban J connectivity index is -0.000000642. The average Bonchev–Trinajstić information content (AvgIpc) is 2.62. The van der Waals surface area contributed by atoms with E-state index in [1.165, 1.54) is 0 Å². The Kier molecular flexibility index (Phi) is 20.4. The first-order valence-electron chi connectivity index (χ1n) is 13.8. The number of carbonyl (C=O) groups excluding carboxylic acids is 1. The Bertz CT molecular complexity index is 486. The Labute approximate surface area is 211 Å². The lowest BCUT2D eigenvalue weighted by atomic mass is 9.79. The summed E-state index contributed by atoms with van der Waals surface area (Å²) in [6.45, 7) is 40.1. The fourth-order valence-electron chi connectivity index (χ4n) is 4.80. The van der Waals surface area contributed by atoms with Crippen molar-refractivity contribution in [2.24, 2.45) is 16.7 Å². The van der Waals surface area contributed by atoms with Gasteiger partial charge in [0.2, 0.25) is 5.91 Å². The molecule has 0 bridgehead atoms. The Morgan fingerprint density at radius 2 is 1.09 bits per heavy atom. The second kappa shape index (κ2) is 17.0. The first-order chi connectivity index (χ1) is 14.7. The number of hydrogen-bond donors (Lipinski definition) is 1. The third kappa shape index (κ3) is 20.5. The molecule has 0 rings (SSSR count). The van der Waals surface area contributed by atoms with Crippen LogP contribution in [0.3, 0.4) is 0 Å². The lowest BCUT2D eigenvalue weighted by Gasteiger charge is -2.44. The largest absolute Gasteiger partial charge is 0.370 e. The topological polar surface area (TPSA) is 38.3 Å². The molecule has 0 aromatic carbocycles. The van der Waals surface area contributed by atoms with E-state index in [2.05, 4.69) is 81.5 Å². The van der Waals surface area contributed by atoms with Crippen LogP contribution in [0.25, 0.3) is 0 Å². The zero-order chi connectivity index (χ0) is 27.9. The van der Waals surface area contributed by atoms with E-state index in [-0.39, 0.29) is 33.5 Å². The maximum absolute atomic E-state index is 12.9. The molecule has 0 saturated carbocycles. The van der Waals surface area contributed by atoms with E-state index in [4.69, 9.17) is 4.74 Å². The predicted molar refractivity (Wildman–Crippen MR) is 152 cm³/mol. The van der Waals surface area contributed by atoms with Crippen molar-refractivity contribution in [3.63, 3.8) is 0 Å². The smallest absolute Gasteiger partial charge is 0.226 e. The molecule has 1 N–H and O–H groups in total. The van der Waals surface area contributed by atoms with Crippen molar-refractivity contribution < 1.29 is 9.53 Å². The molecule has 0 aromatic heterocycles. The second-order valence-electron chi connectivity index (χ2n) is 12.3. The fourth-order valence-corrected chi connectivity index (χ4v) is 4.80. The molecule has 3 heteroatoms. The molecule has 204 valence electrons. The molecule has 0 aliphatic heterocycles. The number of hydrogen-bond acceptors (Lipinski definition) is 2. The highest BCUT2D eigenvalue weighted by molar-refractivity contribution is 5.82. The van der Waals surface area contributed by atoms with Gasteiger partial charge in [0.25, 0.3) is 0 Å². The Hall–Kier alpha value is -0.570. The van der Waals surface area contributed by atoms with E-state index in [0.717, 1.165) is 25.7 Å². The van der Waals surface area contributed by atoms with Crippen LogP contribution in [0.2, 0.25) is 0 Å². The van der Waals surface area contributed by atoms with Crippen LogP contribution in [-0.2, 0) is 9.53 Å². The lowest BCUT2D eigenvalue weighted by Crippen LogP contribution is -2.53. The minimum atomic E-state index is -0.360. The van der Waals surface area contributed by atoms with Crippen molar-refractivity contribution in [2.75, 3.05) is 0 Å². The van der Waals surface area contributed by atoms with E-state index in [1.807, 2.05) is 55.4 Å². The van der Waals surface area contributed by atoms with Crippen molar-refractivity contribution in [1.29, 1.82) is 0 Å². The summed E-state index contributed by atoms with van der Waals surface area (Å²) in [6, 6.07) is 0. The maximum Gasteiger partial charge on any atom is 0.226 e. The zero-order valence-electron chi connectivity index (χ0n) is 26.7. The molecule has 1 amide bonds. The van der Waals surface area contributed by atoms with Crippen LogP contribution < -0.4 is 5.32 Å². The Morgan fingerprint density at radius 1 is 0.727 bits per heavy atom. The first-order valence-corrected chi connectivity index (χ1v) is 13.8. The lowest BCUT2D eigenvalue weighted by molar-refractivity contribution is -0.150. The highest BCUT2D eigenvalue weighted by atomic mass is 16.5. The van der Waals surface area contributed by atoms with Gasteiger partial charge in [-0.25, -0.2) is 0 Å². The summed E-state index contributed by atoms with van der Waals surface area (Å²) in [4.78, 5) is 12.9. The monoisotopic (exact) mass is 474 g/mol. The van der Waals surface area contributed by atoms with Crippen molar-refractivity contribution in [1.82, 2.24) is 5.32 Å². The van der Waals surface area contributed by atoms with Crippen LogP contribution in [0, 0.1) is 16.7 Å². The number of amides is 1. The summed E-state index contributed by atoms with van der Waals surface area (Å²) in [6.07, 6.45) is 3.79. The highest BCUT2D eigenvalue weighted by Crippen LogP contribution is 2.37. The van der Waals surface area contributed by atoms with Crippen LogP contribution in [0.4, 0.5) is 0 Å². The van der Waals surface area contributed by atoms with Crippen LogP contribution in [-0.4, -0.2) is 22.6 Å². The third-order valence-corrected chi connectivity index (χ3v) is 5.27. The van der Waals surface area contributed by atoms with Gasteiger partial charge in [-0.15, -0.1) is 0 Å². The molecule has 0 fully saturated rings. The van der Waals surface area contributed by atoms with Crippen LogP contribution in [0.5, 0.6) is 0 Å². The van der Waals surface area contributed by atoms with E-state index >= 15 is 0 Å². The highest BCUT2D eigenvalue weighted by Gasteiger charge is 2.39. The second-order valence-corrected chi connectivity index (χ2v) is 12.3. The van der Waals surface area contributed by atoms with Crippen LogP contribution >= 0.6 is 0 Å². The van der Waals surface area contributed by atoms with Crippen molar-refractivity contribution >= 4 is 5.91 Å². The van der Waals surface area contributed by atoms with Gasteiger partial charge in [-0.2, -0.15) is 0 Å². The number of carbonyl (C=O) groups is 1. The summed E-state index contributed by atoms with van der Waals surface area (Å²) in [5.41, 5.74) is -0.970. The van der Waals surface area contributed by atoms with Gasteiger partial charge >= 0.3 is 0 Å². The molecule has 0 radical (unpaired) electrons. The molecule has 33 heavy (non-hydrogen) atoms. The minimum absolute atomic E-state index is 0.128. The number of nitrogens with one attached hydrogen (secondary N) is 1.